The smallest absolute Gasteiger partial charge is 0.365 e. The molecule has 1 N–H and O–H groups in total. The lowest BCUT2D eigenvalue weighted by molar-refractivity contribution is 0.129. The summed E-state index contributed by atoms with van der Waals surface area (Å²) >= 11 is 0. The number of aromatic nitrogens is 4. The molecule has 1 aromatic carbocycles. The molecule has 0 unspecified atom stereocenters. The molecule has 7 heteroatoms. The first-order valence-electron chi connectivity index (χ1n) is 6.92. The van der Waals surface area contributed by atoms with Crippen LogP contribution in [0.3, 0.4) is 0 Å². The minimum Gasteiger partial charge on any atom is -0.391 e. The number of nitrogens with one attached hydrogen (secondary N) is 1. The number of oxime groups is 1. The van der Waals surface area contributed by atoms with Gasteiger partial charge in [0.15, 0.2) is 0 Å². The van der Waals surface area contributed by atoms with E-state index in [1.165, 1.54) is 23.1 Å². The van der Waals surface area contributed by atoms with Crippen LogP contribution in [0, 0.1) is 0 Å². The molecule has 0 saturated heterocycles. The zero-order chi connectivity index (χ0) is 14.8. The summed E-state index contributed by atoms with van der Waals surface area (Å²) in [7, 11) is 0. The second-order valence-electron chi connectivity index (χ2n) is 5.35. The molecule has 1 aromatic heterocycles. The molecule has 3 rings (SSSR count). The van der Waals surface area contributed by atoms with E-state index in [2.05, 4.69) is 26.7 Å². The van der Waals surface area contributed by atoms with Crippen LogP contribution in [0.25, 0.3) is 5.69 Å². The molecule has 0 aliphatic heterocycles. The molecule has 1 saturated carbocycles. The van der Waals surface area contributed by atoms with Gasteiger partial charge < -0.3 is 4.84 Å². The summed E-state index contributed by atoms with van der Waals surface area (Å²) in [6, 6.07) is 5.85. The average molecular weight is 287 g/mol. The van der Waals surface area contributed by atoms with Crippen LogP contribution in [-0.4, -0.2) is 25.9 Å². The topological polar surface area (TPSA) is 85.2 Å². The molecule has 2 aromatic rings. The van der Waals surface area contributed by atoms with E-state index >= 15 is 0 Å². The molecule has 1 heterocycles. The third-order valence-corrected chi connectivity index (χ3v) is 3.36. The van der Waals surface area contributed by atoms with Crippen molar-refractivity contribution in [2.24, 2.45) is 5.16 Å². The zero-order valence-corrected chi connectivity index (χ0v) is 12.0. The van der Waals surface area contributed by atoms with Gasteiger partial charge >= 0.3 is 5.69 Å². The normalized spacial score (nSPS) is 14.0. The average Bonchev–Trinajstić information content (AvgIpc) is 3.21. The van der Waals surface area contributed by atoms with E-state index in [1.807, 2.05) is 26.0 Å². The maximum Gasteiger partial charge on any atom is 0.365 e. The number of nitrogens with zero attached hydrogens (tertiary/aromatic N) is 4. The number of aromatic amines is 1. The molecule has 0 radical (unpaired) electrons. The zero-order valence-electron chi connectivity index (χ0n) is 12.0. The van der Waals surface area contributed by atoms with Gasteiger partial charge in [0.1, 0.15) is 6.61 Å². The molecule has 0 spiro atoms. The van der Waals surface area contributed by atoms with E-state index in [9.17, 15) is 4.79 Å². The van der Waals surface area contributed by atoms with Crippen LogP contribution in [0.2, 0.25) is 0 Å². The Morgan fingerprint density at radius 2 is 2.29 bits per heavy atom. The molecular weight excluding hydrogens is 270 g/mol. The van der Waals surface area contributed by atoms with Crippen molar-refractivity contribution in [3.63, 3.8) is 0 Å². The fraction of sp³-hybridized carbons (Fsp3) is 0.429. The SMILES string of the molecule is CC(C)=NOCc1c(C2CC2)cccc1-n1nn[nH]c1=O. The lowest BCUT2D eigenvalue weighted by Gasteiger charge is -2.12. The highest BCUT2D eigenvalue weighted by Gasteiger charge is 2.28. The predicted octanol–water partition coefficient (Wildman–Crippen LogP) is 1.75. The highest BCUT2D eigenvalue weighted by molar-refractivity contribution is 5.78. The van der Waals surface area contributed by atoms with Gasteiger partial charge in [-0.25, -0.2) is 9.89 Å². The number of benzene rings is 1. The standard InChI is InChI=1S/C14H17N5O2/c1-9(2)16-21-8-12-11(10-6-7-10)4-3-5-13(12)19-14(20)15-17-18-19/h3-5,10H,6-8H2,1-2H3,(H,15,18,20). The number of hydrogen-bond acceptors (Lipinski definition) is 5. The number of tetrazole rings is 1. The molecule has 1 fully saturated rings. The van der Waals surface area contributed by atoms with Crippen LogP contribution >= 0.6 is 0 Å². The molecule has 0 amide bonds. The molecule has 0 atom stereocenters. The van der Waals surface area contributed by atoms with Crippen molar-refractivity contribution in [3.05, 3.63) is 39.8 Å². The largest absolute Gasteiger partial charge is 0.391 e. The van der Waals surface area contributed by atoms with E-state index in [4.69, 9.17) is 4.84 Å². The van der Waals surface area contributed by atoms with E-state index in [-0.39, 0.29) is 5.69 Å². The highest BCUT2D eigenvalue weighted by Crippen LogP contribution is 2.42. The summed E-state index contributed by atoms with van der Waals surface area (Å²) in [6.07, 6.45) is 2.33. The number of H-pyrrole nitrogens is 1. The second-order valence-corrected chi connectivity index (χ2v) is 5.35. The van der Waals surface area contributed by atoms with Gasteiger partial charge in [0.05, 0.1) is 11.4 Å². The maximum atomic E-state index is 11.8. The Bertz CT molecular complexity index is 723. The summed E-state index contributed by atoms with van der Waals surface area (Å²) < 4.78 is 1.26. The van der Waals surface area contributed by atoms with Gasteiger partial charge in [-0.15, -0.1) is 0 Å². The summed E-state index contributed by atoms with van der Waals surface area (Å²) in [5.41, 5.74) is 3.33. The Morgan fingerprint density at radius 1 is 1.48 bits per heavy atom. The van der Waals surface area contributed by atoms with E-state index in [1.54, 1.807) is 0 Å². The molecular formula is C14H17N5O2. The first-order chi connectivity index (χ1) is 10.2. The molecule has 0 bridgehead atoms. The molecule has 1 aliphatic carbocycles. The highest BCUT2D eigenvalue weighted by atomic mass is 16.6. The van der Waals surface area contributed by atoms with Crippen molar-refractivity contribution in [1.82, 2.24) is 20.2 Å². The summed E-state index contributed by atoms with van der Waals surface area (Å²) in [4.78, 5) is 17.2. The van der Waals surface area contributed by atoms with E-state index in [0.717, 1.165) is 11.3 Å². The fourth-order valence-corrected chi connectivity index (χ4v) is 2.31. The molecule has 7 nitrogen and oxygen atoms in total. The monoisotopic (exact) mass is 287 g/mol. The summed E-state index contributed by atoms with van der Waals surface area (Å²) in [5.74, 6) is 0.540. The first-order valence-corrected chi connectivity index (χ1v) is 6.92. The Morgan fingerprint density at radius 3 is 2.90 bits per heavy atom. The van der Waals surface area contributed by atoms with Crippen molar-refractivity contribution >= 4 is 5.71 Å². The van der Waals surface area contributed by atoms with Crippen molar-refractivity contribution in [2.45, 2.75) is 39.2 Å². The van der Waals surface area contributed by atoms with Gasteiger partial charge in [0.25, 0.3) is 0 Å². The molecule has 1 aliphatic rings. The number of rotatable bonds is 5. The van der Waals surface area contributed by atoms with Gasteiger partial charge in [0.2, 0.25) is 0 Å². The van der Waals surface area contributed by atoms with Gasteiger partial charge in [0, 0.05) is 5.56 Å². The summed E-state index contributed by atoms with van der Waals surface area (Å²) in [5, 5.41) is 13.6. The third kappa shape index (κ3) is 2.86. The van der Waals surface area contributed by atoms with E-state index < -0.39 is 0 Å². The predicted molar refractivity (Wildman–Crippen MR) is 77.5 cm³/mol. The Balaban J connectivity index is 2.02. The maximum absolute atomic E-state index is 11.8. The third-order valence-electron chi connectivity index (χ3n) is 3.36. The van der Waals surface area contributed by atoms with Crippen LogP contribution in [0.4, 0.5) is 0 Å². The van der Waals surface area contributed by atoms with Crippen LogP contribution < -0.4 is 5.69 Å². The van der Waals surface area contributed by atoms with Crippen molar-refractivity contribution < 1.29 is 4.84 Å². The lowest BCUT2D eigenvalue weighted by Crippen LogP contribution is -2.18. The Hall–Kier alpha value is -2.44. The van der Waals surface area contributed by atoms with Crippen LogP contribution in [-0.2, 0) is 11.4 Å². The summed E-state index contributed by atoms with van der Waals surface area (Å²) in [6.45, 7) is 4.05. The minimum absolute atomic E-state index is 0.312. The van der Waals surface area contributed by atoms with Gasteiger partial charge in [-0.05, 0) is 54.7 Å². The molecule has 110 valence electrons. The first kappa shape index (κ1) is 13.5. The fourth-order valence-electron chi connectivity index (χ4n) is 2.31. The Kier molecular flexibility index (Phi) is 3.55. The van der Waals surface area contributed by atoms with Crippen molar-refractivity contribution in [1.29, 1.82) is 0 Å². The van der Waals surface area contributed by atoms with E-state index in [0.29, 0.717) is 18.2 Å². The van der Waals surface area contributed by atoms with Crippen LogP contribution in [0.5, 0.6) is 0 Å². The molecule has 21 heavy (non-hydrogen) atoms. The van der Waals surface area contributed by atoms with Crippen LogP contribution in [0.15, 0.2) is 28.1 Å². The number of hydrogen-bond donors (Lipinski definition) is 1. The van der Waals surface area contributed by atoms with Gasteiger partial charge in [-0.1, -0.05) is 17.3 Å². The van der Waals surface area contributed by atoms with Crippen molar-refractivity contribution in [2.75, 3.05) is 0 Å². The Labute approximate surface area is 121 Å². The van der Waals surface area contributed by atoms with Gasteiger partial charge in [-0.3, -0.25) is 0 Å². The minimum atomic E-state index is -0.362. The lowest BCUT2D eigenvalue weighted by atomic mass is 10.0. The quantitative estimate of drug-likeness (QED) is 0.670. The van der Waals surface area contributed by atoms with Crippen LogP contribution in [0.1, 0.15) is 43.7 Å². The van der Waals surface area contributed by atoms with Crippen molar-refractivity contribution in [3.8, 4) is 5.69 Å². The second kappa shape index (κ2) is 5.51. The van der Waals surface area contributed by atoms with Gasteiger partial charge in [-0.2, -0.15) is 4.68 Å².